The number of pyridine rings is 1. The van der Waals surface area contributed by atoms with Gasteiger partial charge in [0.2, 0.25) is 5.95 Å². The lowest BCUT2D eigenvalue weighted by atomic mass is 10.1. The summed E-state index contributed by atoms with van der Waals surface area (Å²) in [5.74, 6) is 1.41. The predicted molar refractivity (Wildman–Crippen MR) is 162 cm³/mol. The molecule has 1 aliphatic heterocycles. The standard InChI is InChI=1S/C29H26ClN7O2S/c1-18-13-21(5-7-24(18)30)35-29(38)34-20-4-2-3-19(14-20)23-17-40-25-16-32-28(36-27(23)25)33-22-6-8-26(31-15-22)37-9-11-39-12-10-37/h2-8,13-17H,9-12H2,1H3,(H,32,33,36)(H2,34,35,38). The van der Waals surface area contributed by atoms with Crippen molar-refractivity contribution in [3.63, 3.8) is 0 Å². The molecular formula is C29H26ClN7O2S. The van der Waals surface area contributed by atoms with Crippen molar-refractivity contribution in [2.24, 2.45) is 0 Å². The number of halogens is 1. The summed E-state index contributed by atoms with van der Waals surface area (Å²) in [6.45, 7) is 5.00. The predicted octanol–water partition coefficient (Wildman–Crippen LogP) is 6.94. The lowest BCUT2D eigenvalue weighted by Gasteiger charge is -2.27. The third-order valence-corrected chi connectivity index (χ3v) is 7.83. The number of thiophene rings is 1. The van der Waals surface area contributed by atoms with Gasteiger partial charge >= 0.3 is 6.03 Å². The van der Waals surface area contributed by atoms with Crippen molar-refractivity contribution in [2.45, 2.75) is 6.92 Å². The summed E-state index contributed by atoms with van der Waals surface area (Å²) >= 11 is 7.66. The number of morpholine rings is 1. The van der Waals surface area contributed by atoms with E-state index in [4.69, 9.17) is 21.3 Å². The van der Waals surface area contributed by atoms with Crippen molar-refractivity contribution in [1.82, 2.24) is 15.0 Å². The zero-order chi connectivity index (χ0) is 27.5. The van der Waals surface area contributed by atoms with E-state index in [9.17, 15) is 4.79 Å². The number of urea groups is 1. The van der Waals surface area contributed by atoms with E-state index in [1.807, 2.05) is 55.6 Å². The van der Waals surface area contributed by atoms with Gasteiger partial charge in [-0.3, -0.25) is 0 Å². The molecule has 1 aliphatic rings. The molecule has 1 fully saturated rings. The molecule has 0 spiro atoms. The van der Waals surface area contributed by atoms with Gasteiger partial charge in [0.25, 0.3) is 0 Å². The summed E-state index contributed by atoms with van der Waals surface area (Å²) in [4.78, 5) is 28.7. The fourth-order valence-corrected chi connectivity index (χ4v) is 5.43. The van der Waals surface area contributed by atoms with Gasteiger partial charge in [-0.1, -0.05) is 23.7 Å². The third-order valence-electron chi connectivity index (χ3n) is 6.50. The van der Waals surface area contributed by atoms with Crippen LogP contribution in [0.25, 0.3) is 21.3 Å². The third kappa shape index (κ3) is 5.84. The topological polar surface area (TPSA) is 104 Å². The van der Waals surface area contributed by atoms with Gasteiger partial charge in [-0.25, -0.2) is 19.7 Å². The molecule has 0 unspecified atom stereocenters. The molecule has 0 atom stereocenters. The van der Waals surface area contributed by atoms with Gasteiger partial charge in [0.15, 0.2) is 0 Å². The molecule has 2 aromatic carbocycles. The molecule has 1 saturated heterocycles. The zero-order valence-electron chi connectivity index (χ0n) is 21.6. The first-order valence-electron chi connectivity index (χ1n) is 12.8. The number of aromatic nitrogens is 3. The van der Waals surface area contributed by atoms with Crippen molar-refractivity contribution < 1.29 is 9.53 Å². The fourth-order valence-electron chi connectivity index (χ4n) is 4.44. The first-order valence-corrected chi connectivity index (χ1v) is 14.0. The number of rotatable bonds is 6. The van der Waals surface area contributed by atoms with Crippen LogP contribution in [0.3, 0.4) is 0 Å². The minimum absolute atomic E-state index is 0.337. The largest absolute Gasteiger partial charge is 0.378 e. The SMILES string of the molecule is Cc1cc(NC(=O)Nc2cccc(-c3csc4cnc(Nc5ccc(N6CCOCC6)nc5)nc34)c2)ccc1Cl. The van der Waals surface area contributed by atoms with Crippen LogP contribution in [0.15, 0.2) is 72.4 Å². The number of hydrogen-bond acceptors (Lipinski definition) is 8. The number of ether oxygens (including phenoxy) is 1. The Balaban J connectivity index is 1.17. The van der Waals surface area contributed by atoms with Crippen LogP contribution in [-0.4, -0.2) is 47.3 Å². The number of benzene rings is 2. The van der Waals surface area contributed by atoms with E-state index in [0.717, 1.165) is 51.5 Å². The van der Waals surface area contributed by atoms with Crippen LogP contribution in [-0.2, 0) is 4.74 Å². The van der Waals surface area contributed by atoms with E-state index in [1.165, 1.54) is 0 Å². The van der Waals surface area contributed by atoms with Crippen molar-refractivity contribution in [1.29, 1.82) is 0 Å². The summed E-state index contributed by atoms with van der Waals surface area (Å²) in [6, 6.07) is 16.7. The maximum absolute atomic E-state index is 12.6. The van der Waals surface area contributed by atoms with Gasteiger partial charge in [-0.2, -0.15) is 0 Å². The molecular weight excluding hydrogens is 546 g/mol. The zero-order valence-corrected chi connectivity index (χ0v) is 23.2. The monoisotopic (exact) mass is 571 g/mol. The van der Waals surface area contributed by atoms with Crippen molar-refractivity contribution in [2.75, 3.05) is 47.2 Å². The van der Waals surface area contributed by atoms with Crippen molar-refractivity contribution >= 4 is 68.0 Å². The van der Waals surface area contributed by atoms with E-state index >= 15 is 0 Å². The lowest BCUT2D eigenvalue weighted by Crippen LogP contribution is -2.36. The first-order chi connectivity index (χ1) is 19.5. The molecule has 0 aliphatic carbocycles. The Morgan fingerprint density at radius 2 is 1.77 bits per heavy atom. The Morgan fingerprint density at radius 1 is 0.975 bits per heavy atom. The van der Waals surface area contributed by atoms with Crippen molar-refractivity contribution in [3.05, 3.63) is 83.0 Å². The van der Waals surface area contributed by atoms with E-state index in [2.05, 4.69) is 36.2 Å². The number of anilines is 5. The Morgan fingerprint density at radius 3 is 2.55 bits per heavy atom. The van der Waals surface area contributed by atoms with Crippen LogP contribution in [0.1, 0.15) is 5.56 Å². The van der Waals surface area contributed by atoms with Gasteiger partial charge in [-0.15, -0.1) is 11.3 Å². The molecule has 0 saturated carbocycles. The Bertz CT molecular complexity index is 1670. The number of hydrogen-bond donors (Lipinski definition) is 3. The second-order valence-corrected chi connectivity index (χ2v) is 10.6. The number of fused-ring (bicyclic) bond motifs is 1. The maximum Gasteiger partial charge on any atom is 0.323 e. The van der Waals surface area contributed by atoms with Crippen LogP contribution in [0.5, 0.6) is 0 Å². The van der Waals surface area contributed by atoms with Crippen LogP contribution < -0.4 is 20.9 Å². The molecule has 5 aromatic rings. The second-order valence-electron chi connectivity index (χ2n) is 9.31. The molecule has 2 amide bonds. The molecule has 3 aromatic heterocycles. The highest BCUT2D eigenvalue weighted by Gasteiger charge is 2.14. The minimum atomic E-state index is -0.337. The molecule has 11 heteroatoms. The van der Waals surface area contributed by atoms with Gasteiger partial charge in [0.1, 0.15) is 5.82 Å². The smallest absolute Gasteiger partial charge is 0.323 e. The van der Waals surface area contributed by atoms with Crippen molar-refractivity contribution in [3.8, 4) is 11.1 Å². The number of carbonyl (C=O) groups excluding carboxylic acids is 1. The summed E-state index contributed by atoms with van der Waals surface area (Å²) < 4.78 is 6.39. The van der Waals surface area contributed by atoms with Gasteiger partial charge in [0, 0.05) is 40.4 Å². The summed E-state index contributed by atoms with van der Waals surface area (Å²) in [6.07, 6.45) is 3.61. The Kier molecular flexibility index (Phi) is 7.45. The number of nitrogens with one attached hydrogen (secondary N) is 3. The second kappa shape index (κ2) is 11.5. The van der Waals surface area contributed by atoms with Crippen LogP contribution in [0, 0.1) is 6.92 Å². The van der Waals surface area contributed by atoms with Gasteiger partial charge in [-0.05, 0) is 60.5 Å². The average Bonchev–Trinajstić information content (AvgIpc) is 3.39. The number of carbonyl (C=O) groups is 1. The molecule has 9 nitrogen and oxygen atoms in total. The quantitative estimate of drug-likeness (QED) is 0.203. The van der Waals surface area contributed by atoms with Crippen LogP contribution >= 0.6 is 22.9 Å². The lowest BCUT2D eigenvalue weighted by molar-refractivity contribution is 0.122. The normalized spacial score (nSPS) is 13.3. The van der Waals surface area contributed by atoms with E-state index in [1.54, 1.807) is 29.7 Å². The average molecular weight is 572 g/mol. The molecule has 4 heterocycles. The van der Waals surface area contributed by atoms with Crippen LogP contribution in [0.4, 0.5) is 33.6 Å². The Hall–Kier alpha value is -4.25. The molecule has 0 radical (unpaired) electrons. The van der Waals surface area contributed by atoms with Gasteiger partial charge in [0.05, 0.1) is 41.5 Å². The maximum atomic E-state index is 12.6. The number of aryl methyl sites for hydroxylation is 1. The number of nitrogens with zero attached hydrogens (tertiary/aromatic N) is 4. The highest BCUT2D eigenvalue weighted by molar-refractivity contribution is 7.17. The van der Waals surface area contributed by atoms with E-state index in [0.29, 0.717) is 35.6 Å². The van der Waals surface area contributed by atoms with Gasteiger partial charge < -0.3 is 25.6 Å². The summed E-state index contributed by atoms with van der Waals surface area (Å²) in [5.41, 5.74) is 5.76. The molecule has 40 heavy (non-hydrogen) atoms. The fraction of sp³-hybridized carbons (Fsp3) is 0.172. The summed E-state index contributed by atoms with van der Waals surface area (Å²) in [7, 11) is 0. The molecule has 3 N–H and O–H groups in total. The Labute approximate surface area is 240 Å². The molecule has 202 valence electrons. The van der Waals surface area contributed by atoms with E-state index < -0.39 is 0 Å². The minimum Gasteiger partial charge on any atom is -0.378 e. The van der Waals surface area contributed by atoms with Crippen LogP contribution in [0.2, 0.25) is 5.02 Å². The molecule has 0 bridgehead atoms. The molecule has 6 rings (SSSR count). The number of amides is 2. The van der Waals surface area contributed by atoms with E-state index in [-0.39, 0.29) is 6.03 Å². The summed E-state index contributed by atoms with van der Waals surface area (Å²) in [5, 5.41) is 11.7. The highest BCUT2D eigenvalue weighted by Crippen LogP contribution is 2.34. The first kappa shape index (κ1) is 26.0. The highest BCUT2D eigenvalue weighted by atomic mass is 35.5.